The summed E-state index contributed by atoms with van der Waals surface area (Å²) in [7, 11) is 0. The second kappa shape index (κ2) is 9.34. The lowest BCUT2D eigenvalue weighted by atomic mass is 9.78. The molecule has 6 heteroatoms. The van der Waals surface area contributed by atoms with Crippen LogP contribution < -0.4 is 15.9 Å². The third kappa shape index (κ3) is 4.56. The third-order valence-electron chi connectivity index (χ3n) is 7.03. The first-order valence-corrected chi connectivity index (χ1v) is 12.0. The molecule has 0 bridgehead atoms. The van der Waals surface area contributed by atoms with Gasteiger partial charge >= 0.3 is 0 Å². The number of nitrogens with zero attached hydrogens (tertiary/aromatic N) is 2. The van der Waals surface area contributed by atoms with Gasteiger partial charge in [-0.1, -0.05) is 44.2 Å². The van der Waals surface area contributed by atoms with E-state index < -0.39 is 5.54 Å². The topological polar surface area (TPSA) is 108 Å². The zero-order valence-electron chi connectivity index (χ0n) is 20.4. The van der Waals surface area contributed by atoms with Gasteiger partial charge in [-0.2, -0.15) is 5.26 Å². The van der Waals surface area contributed by atoms with Gasteiger partial charge in [0, 0.05) is 22.7 Å². The number of nitrogens with one attached hydrogen (secondary N) is 3. The van der Waals surface area contributed by atoms with Crippen LogP contribution in [0.1, 0.15) is 68.2 Å². The maximum absolute atomic E-state index is 10.7. The first-order valence-electron chi connectivity index (χ1n) is 12.0. The first kappa shape index (κ1) is 23.6. The van der Waals surface area contributed by atoms with E-state index in [0.717, 1.165) is 36.3 Å². The van der Waals surface area contributed by atoms with Gasteiger partial charge < -0.3 is 15.4 Å². The van der Waals surface area contributed by atoms with Crippen LogP contribution in [-0.2, 0) is 6.42 Å². The number of aromatic hydroxyl groups is 1. The molecule has 176 valence electrons. The molecule has 4 N–H and O–H groups in total. The average molecular weight is 456 g/mol. The van der Waals surface area contributed by atoms with Crippen LogP contribution in [0.3, 0.4) is 0 Å². The van der Waals surface area contributed by atoms with E-state index in [0.29, 0.717) is 17.2 Å². The summed E-state index contributed by atoms with van der Waals surface area (Å²) in [6, 6.07) is 8.96. The highest BCUT2D eigenvalue weighted by Crippen LogP contribution is 2.35. The molecule has 2 aliphatic rings. The number of H-pyrrole nitrogens is 1. The van der Waals surface area contributed by atoms with Gasteiger partial charge in [-0.25, -0.2) is 4.99 Å². The minimum absolute atomic E-state index is 0.0577. The number of aromatic amines is 1. The molecular weight excluding hydrogens is 422 g/mol. The zero-order chi connectivity index (χ0) is 24.5. The molecule has 2 aromatic rings. The van der Waals surface area contributed by atoms with Crippen LogP contribution in [0.15, 0.2) is 35.5 Å². The van der Waals surface area contributed by atoms with Crippen molar-refractivity contribution in [2.24, 2.45) is 10.9 Å². The smallest absolute Gasteiger partial charge is 0.198 e. The maximum atomic E-state index is 10.7. The van der Waals surface area contributed by atoms with Crippen molar-refractivity contribution in [2.45, 2.75) is 64.8 Å². The Balaban J connectivity index is 1.70. The predicted molar refractivity (Wildman–Crippen MR) is 138 cm³/mol. The van der Waals surface area contributed by atoms with Gasteiger partial charge in [0.2, 0.25) is 0 Å². The van der Waals surface area contributed by atoms with Gasteiger partial charge in [0.05, 0.1) is 17.3 Å². The van der Waals surface area contributed by atoms with Crippen molar-refractivity contribution in [1.82, 2.24) is 10.3 Å². The monoisotopic (exact) mass is 455 g/mol. The number of amidine groups is 1. The average Bonchev–Trinajstić information content (AvgIpc) is 3.52. The molecule has 0 amide bonds. The molecule has 0 aliphatic heterocycles. The fraction of sp³-hybridized carbons (Fsp3) is 0.393. The first-order chi connectivity index (χ1) is 16.3. The summed E-state index contributed by atoms with van der Waals surface area (Å²) >= 11 is 0. The number of hydrogen-bond acceptors (Lipinski definition) is 4. The molecule has 4 rings (SSSR count). The Morgan fingerprint density at radius 1 is 1.35 bits per heavy atom. The molecule has 1 fully saturated rings. The highest BCUT2D eigenvalue weighted by molar-refractivity contribution is 6.09. The van der Waals surface area contributed by atoms with E-state index in [1.807, 2.05) is 6.92 Å². The molecule has 6 nitrogen and oxygen atoms in total. The van der Waals surface area contributed by atoms with Crippen molar-refractivity contribution >= 4 is 23.7 Å². The predicted octanol–water partition coefficient (Wildman–Crippen LogP) is 3.92. The standard InChI is InChI=1S/C28H33N5O/c1-5-19-8-7-17(3)21(13-19)22-15-23-24(14-20(22)6-2)33-27(34)26(23)18(4)32-25(30)9-12-31-28(16-29)10-11-28/h7-9,12-15,20,22,30-31,33-34H,5-6,10-11H2,1-4H3/b12-9-,30-25?,32-18?. The summed E-state index contributed by atoms with van der Waals surface area (Å²) in [6.07, 6.45) is 11.3. The molecule has 0 saturated heterocycles. The van der Waals surface area contributed by atoms with E-state index in [9.17, 15) is 5.11 Å². The Bertz CT molecular complexity index is 1330. The SMILES string of the molecule is CCc1ccc(C)c(C2C=c3c(C(C)=NC(=N)/C=C\NC4(C#N)CC4)c(O)[nH]c3=CC2CC)c1. The molecule has 1 heterocycles. The second-order valence-electron chi connectivity index (χ2n) is 9.41. The Hall–Kier alpha value is -3.59. The molecule has 1 aromatic carbocycles. The van der Waals surface area contributed by atoms with E-state index in [1.165, 1.54) is 16.7 Å². The summed E-state index contributed by atoms with van der Waals surface area (Å²) in [5.74, 6) is 0.658. The van der Waals surface area contributed by atoms with Gasteiger partial charge in [0.1, 0.15) is 11.4 Å². The van der Waals surface area contributed by atoms with Gasteiger partial charge in [0.25, 0.3) is 0 Å². The number of nitriles is 1. The van der Waals surface area contributed by atoms with Crippen molar-refractivity contribution in [3.8, 4) is 11.9 Å². The highest BCUT2D eigenvalue weighted by atomic mass is 16.3. The van der Waals surface area contributed by atoms with Crippen molar-refractivity contribution in [3.05, 3.63) is 63.3 Å². The fourth-order valence-electron chi connectivity index (χ4n) is 4.74. The van der Waals surface area contributed by atoms with Gasteiger partial charge in [-0.15, -0.1) is 0 Å². The highest BCUT2D eigenvalue weighted by Gasteiger charge is 2.42. The molecule has 34 heavy (non-hydrogen) atoms. The Kier molecular flexibility index (Phi) is 6.47. The largest absolute Gasteiger partial charge is 0.494 e. The Morgan fingerprint density at radius 2 is 2.12 bits per heavy atom. The van der Waals surface area contributed by atoms with E-state index in [4.69, 9.17) is 10.7 Å². The number of aliphatic imine (C=N–C) groups is 1. The minimum Gasteiger partial charge on any atom is -0.494 e. The maximum Gasteiger partial charge on any atom is 0.198 e. The van der Waals surface area contributed by atoms with Crippen molar-refractivity contribution < 1.29 is 5.11 Å². The Morgan fingerprint density at radius 3 is 2.76 bits per heavy atom. The van der Waals surface area contributed by atoms with Crippen LogP contribution in [0.4, 0.5) is 0 Å². The summed E-state index contributed by atoms with van der Waals surface area (Å²) < 4.78 is 0. The summed E-state index contributed by atoms with van der Waals surface area (Å²) in [5.41, 5.74) is 4.65. The normalized spacial score (nSPS) is 20.7. The molecule has 1 aromatic heterocycles. The second-order valence-corrected chi connectivity index (χ2v) is 9.41. The number of hydrogen-bond donors (Lipinski definition) is 4. The van der Waals surface area contributed by atoms with Crippen LogP contribution in [0, 0.1) is 29.6 Å². The molecule has 0 spiro atoms. The van der Waals surface area contributed by atoms with Crippen molar-refractivity contribution in [3.63, 3.8) is 0 Å². The van der Waals surface area contributed by atoms with Crippen molar-refractivity contribution in [2.75, 3.05) is 0 Å². The molecule has 2 unspecified atom stereocenters. The number of fused-ring (bicyclic) bond motifs is 1. The van der Waals surface area contributed by atoms with Gasteiger partial charge in [-0.3, -0.25) is 5.41 Å². The molecule has 1 saturated carbocycles. The van der Waals surface area contributed by atoms with Gasteiger partial charge in [0.15, 0.2) is 5.88 Å². The van der Waals surface area contributed by atoms with Gasteiger partial charge in [-0.05, 0) is 68.2 Å². The molecule has 2 atom stereocenters. The zero-order valence-corrected chi connectivity index (χ0v) is 20.4. The van der Waals surface area contributed by atoms with Crippen LogP contribution in [-0.4, -0.2) is 27.2 Å². The quantitative estimate of drug-likeness (QED) is 0.375. The van der Waals surface area contributed by atoms with Crippen LogP contribution in [0.5, 0.6) is 5.88 Å². The van der Waals surface area contributed by atoms with Crippen molar-refractivity contribution in [1.29, 1.82) is 10.7 Å². The third-order valence-corrected chi connectivity index (χ3v) is 7.03. The number of benzene rings is 1. The van der Waals surface area contributed by atoms with E-state index >= 15 is 0 Å². The molecular formula is C28H33N5O. The molecule has 2 aliphatic carbocycles. The number of aryl methyl sites for hydroxylation is 2. The summed E-state index contributed by atoms with van der Waals surface area (Å²) in [5, 5.41) is 33.0. The summed E-state index contributed by atoms with van der Waals surface area (Å²) in [4.78, 5) is 7.54. The van der Waals surface area contributed by atoms with Crippen LogP contribution in [0.25, 0.3) is 12.2 Å². The lowest BCUT2D eigenvalue weighted by molar-refractivity contribution is 0.455. The Labute approximate surface area is 201 Å². The van der Waals surface area contributed by atoms with E-state index in [-0.39, 0.29) is 17.6 Å². The number of aromatic nitrogens is 1. The fourth-order valence-corrected chi connectivity index (χ4v) is 4.74. The lowest BCUT2D eigenvalue weighted by Crippen LogP contribution is -2.34. The van der Waals surface area contributed by atoms with E-state index in [2.05, 4.69) is 72.5 Å². The minimum atomic E-state index is -0.476. The van der Waals surface area contributed by atoms with Crippen LogP contribution >= 0.6 is 0 Å². The number of rotatable bonds is 7. The van der Waals surface area contributed by atoms with Crippen LogP contribution in [0.2, 0.25) is 0 Å². The molecule has 0 radical (unpaired) electrons. The lowest BCUT2D eigenvalue weighted by Gasteiger charge is -2.25. The van der Waals surface area contributed by atoms with E-state index in [1.54, 1.807) is 12.3 Å². The summed E-state index contributed by atoms with van der Waals surface area (Å²) in [6.45, 7) is 8.34.